The molecule has 0 aliphatic rings. The molecule has 0 aromatic heterocycles. The van der Waals surface area contributed by atoms with Crippen LogP contribution in [0.15, 0.2) is 30.3 Å². The number of benzene rings is 2. The fourth-order valence-corrected chi connectivity index (χ4v) is 3.16. The van der Waals surface area contributed by atoms with E-state index < -0.39 is 0 Å². The standard InChI is InChI=1S/C21H29ClO2/c1-4-5-8-13-23-21-17(3)14-20(24-15-16(2)11-12-22)18-9-6-7-10-19(18)21/h6-7,9-10,14,16H,4-5,8,11-13,15H2,1-3H3. The molecule has 2 nitrogen and oxygen atoms in total. The summed E-state index contributed by atoms with van der Waals surface area (Å²) in [4.78, 5) is 0. The van der Waals surface area contributed by atoms with Crippen LogP contribution in [0.3, 0.4) is 0 Å². The van der Waals surface area contributed by atoms with E-state index in [1.54, 1.807) is 0 Å². The molecule has 0 saturated carbocycles. The summed E-state index contributed by atoms with van der Waals surface area (Å²) in [7, 11) is 0. The number of aryl methyl sites for hydroxylation is 1. The summed E-state index contributed by atoms with van der Waals surface area (Å²) in [6.07, 6.45) is 4.47. The number of hydrogen-bond acceptors (Lipinski definition) is 2. The van der Waals surface area contributed by atoms with Gasteiger partial charge >= 0.3 is 0 Å². The lowest BCUT2D eigenvalue weighted by molar-refractivity contribution is 0.259. The number of unbranched alkanes of at least 4 members (excludes halogenated alkanes) is 2. The minimum Gasteiger partial charge on any atom is -0.493 e. The number of hydrogen-bond donors (Lipinski definition) is 0. The van der Waals surface area contributed by atoms with Gasteiger partial charge in [0, 0.05) is 16.7 Å². The van der Waals surface area contributed by atoms with Gasteiger partial charge in [0.25, 0.3) is 0 Å². The van der Waals surface area contributed by atoms with Crippen molar-refractivity contribution in [2.75, 3.05) is 19.1 Å². The van der Waals surface area contributed by atoms with Gasteiger partial charge in [0.1, 0.15) is 11.5 Å². The molecule has 2 aromatic carbocycles. The molecule has 0 saturated heterocycles. The van der Waals surface area contributed by atoms with E-state index in [1.807, 2.05) is 6.07 Å². The van der Waals surface area contributed by atoms with Crippen molar-refractivity contribution in [1.29, 1.82) is 0 Å². The van der Waals surface area contributed by atoms with Crippen molar-refractivity contribution in [3.05, 3.63) is 35.9 Å². The van der Waals surface area contributed by atoms with Crippen molar-refractivity contribution in [3.63, 3.8) is 0 Å². The van der Waals surface area contributed by atoms with Gasteiger partial charge in [-0.3, -0.25) is 0 Å². The van der Waals surface area contributed by atoms with Gasteiger partial charge in [-0.1, -0.05) is 51.0 Å². The lowest BCUT2D eigenvalue weighted by Crippen LogP contribution is -2.09. The molecule has 0 bridgehead atoms. The Balaban J connectivity index is 2.21. The topological polar surface area (TPSA) is 18.5 Å². The Morgan fingerprint density at radius 1 is 1.08 bits per heavy atom. The first-order chi connectivity index (χ1) is 11.7. The smallest absolute Gasteiger partial charge is 0.130 e. The highest BCUT2D eigenvalue weighted by atomic mass is 35.5. The molecule has 0 heterocycles. The van der Waals surface area contributed by atoms with E-state index in [0.29, 0.717) is 18.4 Å². The Bertz CT molecular complexity index is 639. The zero-order valence-corrected chi connectivity index (χ0v) is 15.9. The normalized spacial score (nSPS) is 12.3. The minimum atomic E-state index is 0.450. The number of halogens is 1. The van der Waals surface area contributed by atoms with Crippen molar-refractivity contribution >= 4 is 22.4 Å². The third-order valence-corrected chi connectivity index (χ3v) is 4.48. The summed E-state index contributed by atoms with van der Waals surface area (Å²) in [5.41, 5.74) is 1.13. The molecule has 0 radical (unpaired) electrons. The molecule has 0 spiro atoms. The predicted octanol–water partition coefficient (Wildman–Crippen LogP) is 6.36. The van der Waals surface area contributed by atoms with E-state index in [0.717, 1.165) is 47.3 Å². The van der Waals surface area contributed by atoms with Gasteiger partial charge in [-0.15, -0.1) is 11.6 Å². The molecule has 1 atom stereocenters. The monoisotopic (exact) mass is 348 g/mol. The third kappa shape index (κ3) is 5.04. The second kappa shape index (κ2) is 9.78. The van der Waals surface area contributed by atoms with E-state index in [9.17, 15) is 0 Å². The van der Waals surface area contributed by atoms with Crippen LogP contribution in [-0.4, -0.2) is 19.1 Å². The summed E-state index contributed by atoms with van der Waals surface area (Å²) >= 11 is 5.82. The molecule has 0 aliphatic carbocycles. The number of ether oxygens (including phenoxy) is 2. The van der Waals surface area contributed by atoms with Crippen LogP contribution in [-0.2, 0) is 0 Å². The number of fused-ring (bicyclic) bond motifs is 1. The van der Waals surface area contributed by atoms with Crippen LogP contribution in [0.4, 0.5) is 0 Å². The summed E-state index contributed by atoms with van der Waals surface area (Å²) in [6.45, 7) is 7.93. The summed E-state index contributed by atoms with van der Waals surface area (Å²) < 4.78 is 12.2. The van der Waals surface area contributed by atoms with Gasteiger partial charge in [-0.25, -0.2) is 0 Å². The van der Waals surface area contributed by atoms with Gasteiger partial charge in [-0.2, -0.15) is 0 Å². The van der Waals surface area contributed by atoms with Crippen molar-refractivity contribution in [3.8, 4) is 11.5 Å². The fraction of sp³-hybridized carbons (Fsp3) is 0.524. The highest BCUT2D eigenvalue weighted by Gasteiger charge is 2.12. The molecule has 132 valence electrons. The lowest BCUT2D eigenvalue weighted by atomic mass is 10.0. The molecular formula is C21H29ClO2. The Morgan fingerprint density at radius 3 is 2.54 bits per heavy atom. The third-order valence-electron chi connectivity index (χ3n) is 4.26. The molecule has 2 rings (SSSR count). The fourth-order valence-electron chi connectivity index (χ4n) is 2.79. The maximum Gasteiger partial charge on any atom is 0.130 e. The van der Waals surface area contributed by atoms with Crippen molar-refractivity contribution < 1.29 is 9.47 Å². The van der Waals surface area contributed by atoms with E-state index in [4.69, 9.17) is 21.1 Å². The molecule has 0 amide bonds. The quantitative estimate of drug-likeness (QED) is 0.367. The van der Waals surface area contributed by atoms with E-state index in [1.165, 1.54) is 12.8 Å². The van der Waals surface area contributed by atoms with E-state index in [-0.39, 0.29) is 0 Å². The zero-order chi connectivity index (χ0) is 17.4. The Hall–Kier alpha value is -1.41. The van der Waals surface area contributed by atoms with Crippen LogP contribution in [0.2, 0.25) is 0 Å². The average molecular weight is 349 g/mol. The largest absolute Gasteiger partial charge is 0.493 e. The van der Waals surface area contributed by atoms with Gasteiger partial charge in [-0.05, 0) is 37.3 Å². The van der Waals surface area contributed by atoms with Gasteiger partial charge < -0.3 is 9.47 Å². The first-order valence-electron chi connectivity index (χ1n) is 9.01. The van der Waals surface area contributed by atoms with E-state index >= 15 is 0 Å². The SMILES string of the molecule is CCCCCOc1c(C)cc(OCC(C)CCCl)c2ccccc12. The van der Waals surface area contributed by atoms with Crippen LogP contribution in [0.1, 0.15) is 45.1 Å². The summed E-state index contributed by atoms with van der Waals surface area (Å²) in [5, 5.41) is 2.25. The number of alkyl halides is 1. The van der Waals surface area contributed by atoms with E-state index in [2.05, 4.69) is 45.0 Å². The van der Waals surface area contributed by atoms with Gasteiger partial charge in [0.05, 0.1) is 13.2 Å². The highest BCUT2D eigenvalue weighted by Crippen LogP contribution is 2.36. The second-order valence-corrected chi connectivity index (χ2v) is 6.89. The second-order valence-electron chi connectivity index (χ2n) is 6.52. The Morgan fingerprint density at radius 2 is 1.83 bits per heavy atom. The molecule has 24 heavy (non-hydrogen) atoms. The summed E-state index contributed by atoms with van der Waals surface area (Å²) in [6, 6.07) is 10.4. The number of rotatable bonds is 10. The molecule has 0 fully saturated rings. The van der Waals surface area contributed by atoms with Crippen molar-refractivity contribution in [2.24, 2.45) is 5.92 Å². The molecule has 1 unspecified atom stereocenters. The highest BCUT2D eigenvalue weighted by molar-refractivity contribution is 6.17. The molecule has 0 aliphatic heterocycles. The van der Waals surface area contributed by atoms with Crippen LogP contribution in [0.5, 0.6) is 11.5 Å². The first kappa shape index (κ1) is 18.9. The summed E-state index contributed by atoms with van der Waals surface area (Å²) in [5.74, 6) is 3.05. The maximum atomic E-state index is 6.10. The Labute approximate surface area is 151 Å². The van der Waals surface area contributed by atoms with Crippen molar-refractivity contribution in [1.82, 2.24) is 0 Å². The Kier molecular flexibility index (Phi) is 7.71. The molecule has 3 heteroatoms. The molecule has 2 aromatic rings. The van der Waals surface area contributed by atoms with Crippen LogP contribution >= 0.6 is 11.6 Å². The first-order valence-corrected chi connectivity index (χ1v) is 9.54. The molecule has 0 N–H and O–H groups in total. The van der Waals surface area contributed by atoms with Gasteiger partial charge in [0.15, 0.2) is 0 Å². The minimum absolute atomic E-state index is 0.450. The van der Waals surface area contributed by atoms with Crippen LogP contribution < -0.4 is 9.47 Å². The average Bonchev–Trinajstić information content (AvgIpc) is 2.58. The molecular weight excluding hydrogens is 320 g/mol. The lowest BCUT2D eigenvalue weighted by Gasteiger charge is -2.18. The van der Waals surface area contributed by atoms with Crippen molar-refractivity contribution in [2.45, 2.75) is 46.5 Å². The predicted molar refractivity (Wildman–Crippen MR) is 104 cm³/mol. The maximum absolute atomic E-state index is 6.10. The van der Waals surface area contributed by atoms with Gasteiger partial charge in [0.2, 0.25) is 0 Å². The van der Waals surface area contributed by atoms with Crippen LogP contribution in [0, 0.1) is 12.8 Å². The zero-order valence-electron chi connectivity index (χ0n) is 15.1. The van der Waals surface area contributed by atoms with Crippen LogP contribution in [0.25, 0.3) is 10.8 Å².